The topological polar surface area (TPSA) is 29.9 Å². The van der Waals surface area contributed by atoms with Gasteiger partial charge in [0.1, 0.15) is 5.82 Å². The highest BCUT2D eigenvalue weighted by atomic mass is 15.1. The minimum Gasteiger partial charge on any atom is -0.381 e. The van der Waals surface area contributed by atoms with Gasteiger partial charge in [-0.2, -0.15) is 0 Å². The number of hydrogen-bond acceptors (Lipinski definition) is 2. The van der Waals surface area contributed by atoms with Crippen LogP contribution in [0.2, 0.25) is 0 Å². The molecule has 0 aliphatic carbocycles. The average molecular weight is 317 g/mol. The molecule has 0 saturated heterocycles. The molecule has 122 valence electrons. The predicted molar refractivity (Wildman–Crippen MR) is 99.1 cm³/mol. The van der Waals surface area contributed by atoms with Gasteiger partial charge in [-0.3, -0.25) is 0 Å². The number of rotatable bonds is 4. The van der Waals surface area contributed by atoms with Gasteiger partial charge < -0.3 is 9.88 Å². The molecule has 1 aromatic heterocycles. The normalized spacial score (nSPS) is 13.5. The van der Waals surface area contributed by atoms with Crippen LogP contribution in [0.4, 0.5) is 5.69 Å². The summed E-state index contributed by atoms with van der Waals surface area (Å²) in [6.07, 6.45) is 5.84. The van der Waals surface area contributed by atoms with E-state index in [4.69, 9.17) is 4.98 Å². The van der Waals surface area contributed by atoms with E-state index in [-0.39, 0.29) is 0 Å². The summed E-state index contributed by atoms with van der Waals surface area (Å²) in [4.78, 5) is 4.80. The second-order valence-electron chi connectivity index (χ2n) is 6.55. The van der Waals surface area contributed by atoms with Crippen molar-refractivity contribution >= 4 is 5.69 Å². The Morgan fingerprint density at radius 2 is 1.88 bits per heavy atom. The van der Waals surface area contributed by atoms with E-state index in [0.717, 1.165) is 30.9 Å². The average Bonchev–Trinajstić information content (AvgIpc) is 3.06. The molecule has 0 spiro atoms. The van der Waals surface area contributed by atoms with Gasteiger partial charge in [-0.1, -0.05) is 36.4 Å². The molecule has 0 fully saturated rings. The fourth-order valence-electron chi connectivity index (χ4n) is 3.32. The van der Waals surface area contributed by atoms with Crippen LogP contribution in [0.1, 0.15) is 29.8 Å². The Morgan fingerprint density at radius 1 is 1.04 bits per heavy atom. The summed E-state index contributed by atoms with van der Waals surface area (Å²) in [6, 6.07) is 17.1. The first-order chi connectivity index (χ1) is 11.8. The summed E-state index contributed by atoms with van der Waals surface area (Å²) in [5.74, 6) is 1.23. The summed E-state index contributed by atoms with van der Waals surface area (Å²) in [6.45, 7) is 4.11. The van der Waals surface area contributed by atoms with Crippen molar-refractivity contribution in [1.82, 2.24) is 9.55 Å². The summed E-state index contributed by atoms with van der Waals surface area (Å²) in [5.41, 5.74) is 6.09. The lowest BCUT2D eigenvalue weighted by atomic mass is 10.1. The summed E-state index contributed by atoms with van der Waals surface area (Å²) in [5, 5.41) is 3.50. The number of benzene rings is 2. The molecule has 4 rings (SSSR count). The second kappa shape index (κ2) is 6.52. The second-order valence-corrected chi connectivity index (χ2v) is 6.55. The molecular formula is C21H23N3. The Hall–Kier alpha value is -2.55. The molecule has 0 atom stereocenters. The van der Waals surface area contributed by atoms with Crippen LogP contribution in [0, 0.1) is 6.92 Å². The molecular weight excluding hydrogens is 294 g/mol. The third kappa shape index (κ3) is 3.07. The Bertz CT molecular complexity index is 807. The van der Waals surface area contributed by atoms with Crippen LogP contribution in [0.3, 0.4) is 0 Å². The Kier molecular flexibility index (Phi) is 4.08. The maximum Gasteiger partial charge on any atom is 0.109 e. The first-order valence-corrected chi connectivity index (χ1v) is 8.74. The van der Waals surface area contributed by atoms with E-state index >= 15 is 0 Å². The predicted octanol–water partition coefficient (Wildman–Crippen LogP) is 4.81. The fourth-order valence-corrected chi connectivity index (χ4v) is 3.32. The standard InChI is InChI=1S/C21H23N3/c1-16-6-2-3-7-18(16)14-22-19-11-9-17(10-12-19)20-15-24-13-5-4-8-21(24)23-20/h2-3,6-7,9-12,15,22H,4-5,8,13-14H2,1H3. The van der Waals surface area contributed by atoms with Gasteiger partial charge in [-0.05, 0) is 43.0 Å². The number of nitrogens with one attached hydrogen (secondary N) is 1. The van der Waals surface area contributed by atoms with Gasteiger partial charge in [0.2, 0.25) is 0 Å². The molecule has 2 aromatic carbocycles. The third-order valence-corrected chi connectivity index (χ3v) is 4.83. The molecule has 3 aromatic rings. The highest BCUT2D eigenvalue weighted by molar-refractivity contribution is 5.62. The van der Waals surface area contributed by atoms with Crippen molar-refractivity contribution < 1.29 is 0 Å². The molecule has 1 N–H and O–H groups in total. The van der Waals surface area contributed by atoms with Crippen molar-refractivity contribution in [2.75, 3.05) is 5.32 Å². The van der Waals surface area contributed by atoms with E-state index in [1.807, 2.05) is 0 Å². The van der Waals surface area contributed by atoms with Crippen LogP contribution in [-0.4, -0.2) is 9.55 Å². The minimum atomic E-state index is 0.852. The van der Waals surface area contributed by atoms with Gasteiger partial charge in [0.05, 0.1) is 5.69 Å². The lowest BCUT2D eigenvalue weighted by Crippen LogP contribution is -2.08. The van der Waals surface area contributed by atoms with Gasteiger partial charge >= 0.3 is 0 Å². The molecule has 1 aliphatic heterocycles. The Labute approximate surface area is 143 Å². The monoisotopic (exact) mass is 317 g/mol. The highest BCUT2D eigenvalue weighted by Crippen LogP contribution is 2.24. The van der Waals surface area contributed by atoms with Gasteiger partial charge in [0, 0.05) is 37.0 Å². The van der Waals surface area contributed by atoms with Crippen LogP contribution < -0.4 is 5.32 Å². The van der Waals surface area contributed by atoms with E-state index in [1.165, 1.54) is 35.4 Å². The van der Waals surface area contributed by atoms with E-state index in [2.05, 4.69) is 71.5 Å². The van der Waals surface area contributed by atoms with Crippen molar-refractivity contribution in [1.29, 1.82) is 0 Å². The molecule has 0 unspecified atom stereocenters. The molecule has 0 amide bonds. The number of aryl methyl sites for hydroxylation is 3. The largest absolute Gasteiger partial charge is 0.381 e. The van der Waals surface area contributed by atoms with Crippen molar-refractivity contribution in [2.24, 2.45) is 0 Å². The molecule has 0 bridgehead atoms. The van der Waals surface area contributed by atoms with Crippen molar-refractivity contribution in [3.63, 3.8) is 0 Å². The quantitative estimate of drug-likeness (QED) is 0.748. The van der Waals surface area contributed by atoms with E-state index in [9.17, 15) is 0 Å². The molecule has 3 heteroatoms. The minimum absolute atomic E-state index is 0.852. The molecule has 3 nitrogen and oxygen atoms in total. The lowest BCUT2D eigenvalue weighted by molar-refractivity contribution is 0.522. The number of nitrogens with zero attached hydrogens (tertiary/aromatic N) is 2. The van der Waals surface area contributed by atoms with Crippen LogP contribution in [0.5, 0.6) is 0 Å². The van der Waals surface area contributed by atoms with Crippen LogP contribution in [-0.2, 0) is 19.5 Å². The smallest absolute Gasteiger partial charge is 0.109 e. The Morgan fingerprint density at radius 3 is 2.67 bits per heavy atom. The number of imidazole rings is 1. The summed E-state index contributed by atoms with van der Waals surface area (Å²) in [7, 11) is 0. The first-order valence-electron chi connectivity index (χ1n) is 8.74. The van der Waals surface area contributed by atoms with Gasteiger partial charge in [-0.15, -0.1) is 0 Å². The molecule has 2 heterocycles. The molecule has 24 heavy (non-hydrogen) atoms. The zero-order valence-corrected chi connectivity index (χ0v) is 14.1. The zero-order chi connectivity index (χ0) is 16.4. The van der Waals surface area contributed by atoms with Crippen molar-refractivity contribution in [3.8, 4) is 11.3 Å². The van der Waals surface area contributed by atoms with Crippen LogP contribution in [0.15, 0.2) is 54.7 Å². The Balaban J connectivity index is 1.46. The maximum atomic E-state index is 4.80. The number of aromatic nitrogens is 2. The van der Waals surface area contributed by atoms with E-state index in [0.29, 0.717) is 0 Å². The van der Waals surface area contributed by atoms with Gasteiger partial charge in [0.25, 0.3) is 0 Å². The van der Waals surface area contributed by atoms with E-state index < -0.39 is 0 Å². The number of fused-ring (bicyclic) bond motifs is 1. The van der Waals surface area contributed by atoms with Crippen LogP contribution in [0.25, 0.3) is 11.3 Å². The number of hydrogen-bond donors (Lipinski definition) is 1. The number of anilines is 1. The van der Waals surface area contributed by atoms with Crippen molar-refractivity contribution in [2.45, 2.75) is 39.3 Å². The maximum absolute atomic E-state index is 4.80. The fraction of sp³-hybridized carbons (Fsp3) is 0.286. The molecule has 0 radical (unpaired) electrons. The lowest BCUT2D eigenvalue weighted by Gasteiger charge is -2.11. The summed E-state index contributed by atoms with van der Waals surface area (Å²) < 4.78 is 2.31. The van der Waals surface area contributed by atoms with Crippen LogP contribution >= 0.6 is 0 Å². The molecule has 0 saturated carbocycles. The van der Waals surface area contributed by atoms with Gasteiger partial charge in [0.15, 0.2) is 0 Å². The molecule has 1 aliphatic rings. The SMILES string of the molecule is Cc1ccccc1CNc1ccc(-c2cn3c(n2)CCCC3)cc1. The van der Waals surface area contributed by atoms with Crippen molar-refractivity contribution in [3.05, 3.63) is 71.7 Å². The highest BCUT2D eigenvalue weighted by Gasteiger charge is 2.13. The first kappa shape index (κ1) is 15.0. The van der Waals surface area contributed by atoms with Gasteiger partial charge in [-0.25, -0.2) is 4.98 Å². The zero-order valence-electron chi connectivity index (χ0n) is 14.1. The summed E-state index contributed by atoms with van der Waals surface area (Å²) >= 11 is 0. The van der Waals surface area contributed by atoms with E-state index in [1.54, 1.807) is 0 Å². The third-order valence-electron chi connectivity index (χ3n) is 4.83.